The highest BCUT2D eigenvalue weighted by molar-refractivity contribution is 7.91. The molecule has 1 aliphatic heterocycles. The van der Waals surface area contributed by atoms with Crippen LogP contribution in [-0.2, 0) is 9.84 Å². The molecule has 0 aromatic carbocycles. The van der Waals surface area contributed by atoms with Crippen LogP contribution in [0, 0.1) is 11.3 Å². The lowest BCUT2D eigenvalue weighted by Gasteiger charge is -2.34. The summed E-state index contributed by atoms with van der Waals surface area (Å²) in [6, 6.07) is 2.03. The third kappa shape index (κ3) is 2.94. The van der Waals surface area contributed by atoms with Crippen LogP contribution >= 0.6 is 0 Å². The predicted octanol–water partition coefficient (Wildman–Crippen LogP) is -0.824. The van der Waals surface area contributed by atoms with Crippen LogP contribution < -0.4 is 5.32 Å². The lowest BCUT2D eigenvalue weighted by Crippen LogP contribution is -2.54. The summed E-state index contributed by atoms with van der Waals surface area (Å²) in [6.45, 7) is 2.48. The van der Waals surface area contributed by atoms with Crippen LogP contribution in [-0.4, -0.2) is 51.1 Å². The zero-order chi connectivity index (χ0) is 10.6. The lowest BCUT2D eigenvalue weighted by molar-refractivity contribution is 0.215. The van der Waals surface area contributed by atoms with Crippen molar-refractivity contribution in [2.75, 3.05) is 32.4 Å². The molecule has 1 heterocycles. The van der Waals surface area contributed by atoms with Crippen molar-refractivity contribution in [2.45, 2.75) is 11.8 Å². The zero-order valence-electron chi connectivity index (χ0n) is 8.23. The van der Waals surface area contributed by atoms with Crippen molar-refractivity contribution in [3.8, 4) is 6.07 Å². The Labute approximate surface area is 84.6 Å². The van der Waals surface area contributed by atoms with Crippen molar-refractivity contribution < 1.29 is 8.42 Å². The molecule has 14 heavy (non-hydrogen) atoms. The van der Waals surface area contributed by atoms with Gasteiger partial charge >= 0.3 is 0 Å². The molecule has 6 heteroatoms. The summed E-state index contributed by atoms with van der Waals surface area (Å²) in [4.78, 5) is 1.86. The van der Waals surface area contributed by atoms with Gasteiger partial charge in [-0.15, -0.1) is 0 Å². The zero-order valence-corrected chi connectivity index (χ0v) is 9.05. The van der Waals surface area contributed by atoms with Crippen molar-refractivity contribution in [1.29, 1.82) is 5.26 Å². The molecule has 0 saturated carbocycles. The Morgan fingerprint density at radius 3 is 2.93 bits per heavy atom. The molecule has 1 N–H and O–H groups in total. The molecule has 0 bridgehead atoms. The number of hydrogen-bond donors (Lipinski definition) is 1. The van der Waals surface area contributed by atoms with E-state index in [-0.39, 0.29) is 0 Å². The van der Waals surface area contributed by atoms with Gasteiger partial charge in [-0.25, -0.2) is 8.42 Å². The minimum atomic E-state index is -3.05. The van der Waals surface area contributed by atoms with E-state index in [0.717, 1.165) is 6.54 Å². The average molecular weight is 217 g/mol. The molecule has 1 unspecified atom stereocenters. The lowest BCUT2D eigenvalue weighted by atomic mass is 10.3. The number of nitrogens with zero attached hydrogens (tertiary/aromatic N) is 2. The molecule has 5 nitrogen and oxygen atoms in total. The fourth-order valence-electron chi connectivity index (χ4n) is 1.59. The van der Waals surface area contributed by atoms with Crippen molar-refractivity contribution in [1.82, 2.24) is 10.2 Å². The van der Waals surface area contributed by atoms with E-state index in [9.17, 15) is 8.42 Å². The highest BCUT2D eigenvalue weighted by Crippen LogP contribution is 2.09. The van der Waals surface area contributed by atoms with E-state index >= 15 is 0 Å². The molecular weight excluding hydrogens is 202 g/mol. The molecule has 1 fully saturated rings. The van der Waals surface area contributed by atoms with Crippen LogP contribution in [0.5, 0.6) is 0 Å². The Bertz CT molecular complexity index is 320. The Morgan fingerprint density at radius 1 is 1.64 bits per heavy atom. The first-order valence-corrected chi connectivity index (χ1v) is 6.52. The van der Waals surface area contributed by atoms with E-state index in [0.29, 0.717) is 26.1 Å². The van der Waals surface area contributed by atoms with Gasteiger partial charge in [0, 0.05) is 38.9 Å². The topological polar surface area (TPSA) is 73.2 Å². The van der Waals surface area contributed by atoms with Crippen LogP contribution in [0.15, 0.2) is 0 Å². The van der Waals surface area contributed by atoms with Gasteiger partial charge in [0.2, 0.25) is 0 Å². The van der Waals surface area contributed by atoms with Crippen molar-refractivity contribution in [3.05, 3.63) is 0 Å². The molecule has 0 aliphatic carbocycles. The standard InChI is InChI=1S/C8H15N3O2S/c1-14(12,13)8-7-10-4-6-11(8)5-2-3-9/h8,10H,2,4-7H2,1H3. The van der Waals surface area contributed by atoms with Crippen molar-refractivity contribution in [2.24, 2.45) is 0 Å². The molecular formula is C8H15N3O2S. The van der Waals surface area contributed by atoms with Crippen LogP contribution in [0.3, 0.4) is 0 Å². The maximum absolute atomic E-state index is 11.4. The number of nitriles is 1. The molecule has 0 aromatic rings. The molecule has 0 amide bonds. The molecule has 80 valence electrons. The van der Waals surface area contributed by atoms with Crippen LogP contribution in [0.25, 0.3) is 0 Å². The van der Waals surface area contributed by atoms with Gasteiger partial charge in [-0.1, -0.05) is 0 Å². The van der Waals surface area contributed by atoms with Gasteiger partial charge in [0.05, 0.1) is 6.07 Å². The first kappa shape index (κ1) is 11.4. The van der Waals surface area contributed by atoms with Gasteiger partial charge in [0.1, 0.15) is 5.37 Å². The molecule has 1 atom stereocenters. The average Bonchev–Trinajstić information content (AvgIpc) is 2.14. The van der Waals surface area contributed by atoms with E-state index in [2.05, 4.69) is 5.32 Å². The second-order valence-electron chi connectivity index (χ2n) is 3.43. The van der Waals surface area contributed by atoms with Gasteiger partial charge in [0.25, 0.3) is 0 Å². The summed E-state index contributed by atoms with van der Waals surface area (Å²) in [5.74, 6) is 0. The van der Waals surface area contributed by atoms with Gasteiger partial charge in [-0.3, -0.25) is 4.90 Å². The number of sulfone groups is 1. The third-order valence-electron chi connectivity index (χ3n) is 2.31. The monoisotopic (exact) mass is 217 g/mol. The first-order chi connectivity index (χ1) is 6.55. The third-order valence-corrected chi connectivity index (χ3v) is 3.76. The molecule has 1 rings (SSSR count). The van der Waals surface area contributed by atoms with Crippen LogP contribution in [0.1, 0.15) is 6.42 Å². The number of nitrogens with one attached hydrogen (secondary N) is 1. The minimum Gasteiger partial charge on any atom is -0.313 e. The van der Waals surface area contributed by atoms with Gasteiger partial charge in [-0.05, 0) is 0 Å². The molecule has 0 aromatic heterocycles. The second-order valence-corrected chi connectivity index (χ2v) is 5.64. The fourth-order valence-corrected chi connectivity index (χ4v) is 2.77. The summed E-state index contributed by atoms with van der Waals surface area (Å²) >= 11 is 0. The Balaban J connectivity index is 2.65. The smallest absolute Gasteiger partial charge is 0.164 e. The normalized spacial score (nSPS) is 24.4. The van der Waals surface area contributed by atoms with E-state index in [4.69, 9.17) is 5.26 Å². The summed E-state index contributed by atoms with van der Waals surface area (Å²) < 4.78 is 22.8. The van der Waals surface area contributed by atoms with E-state index in [1.165, 1.54) is 6.26 Å². The Hall–Kier alpha value is -0.640. The van der Waals surface area contributed by atoms with Crippen molar-refractivity contribution in [3.63, 3.8) is 0 Å². The first-order valence-electron chi connectivity index (χ1n) is 4.56. The maximum Gasteiger partial charge on any atom is 0.164 e. The number of rotatable bonds is 3. The van der Waals surface area contributed by atoms with Crippen molar-refractivity contribution >= 4 is 9.84 Å². The van der Waals surface area contributed by atoms with Gasteiger partial charge in [-0.2, -0.15) is 5.26 Å². The van der Waals surface area contributed by atoms with E-state index in [1.807, 2.05) is 11.0 Å². The second kappa shape index (κ2) is 4.73. The fraction of sp³-hybridized carbons (Fsp3) is 0.875. The predicted molar refractivity (Wildman–Crippen MR) is 53.3 cm³/mol. The van der Waals surface area contributed by atoms with Gasteiger partial charge < -0.3 is 5.32 Å². The molecule has 0 spiro atoms. The van der Waals surface area contributed by atoms with Gasteiger partial charge in [0.15, 0.2) is 9.84 Å². The molecule has 1 saturated heterocycles. The highest BCUT2D eigenvalue weighted by atomic mass is 32.2. The minimum absolute atomic E-state index is 0.381. The summed E-state index contributed by atoms with van der Waals surface area (Å²) in [5.41, 5.74) is 0. The summed E-state index contributed by atoms with van der Waals surface area (Å²) in [7, 11) is -3.05. The molecule has 0 radical (unpaired) electrons. The summed E-state index contributed by atoms with van der Waals surface area (Å²) in [5, 5.41) is 11.0. The largest absolute Gasteiger partial charge is 0.313 e. The van der Waals surface area contributed by atoms with Crippen LogP contribution in [0.4, 0.5) is 0 Å². The maximum atomic E-state index is 11.4. The van der Waals surface area contributed by atoms with E-state index < -0.39 is 15.2 Å². The van der Waals surface area contributed by atoms with Crippen LogP contribution in [0.2, 0.25) is 0 Å². The van der Waals surface area contributed by atoms with E-state index in [1.54, 1.807) is 0 Å². The summed E-state index contributed by atoms with van der Waals surface area (Å²) in [6.07, 6.45) is 1.62. The SMILES string of the molecule is CS(=O)(=O)C1CNCCN1CCC#N. The quantitative estimate of drug-likeness (QED) is 0.668. The number of piperazine rings is 1. The molecule has 1 aliphatic rings. The Kier molecular flexibility index (Phi) is 3.86. The Morgan fingerprint density at radius 2 is 2.36 bits per heavy atom. The highest BCUT2D eigenvalue weighted by Gasteiger charge is 2.29. The number of hydrogen-bond acceptors (Lipinski definition) is 5.